The van der Waals surface area contributed by atoms with Gasteiger partial charge in [0.2, 0.25) is 0 Å². The van der Waals surface area contributed by atoms with Crippen LogP contribution in [0, 0.1) is 64.6 Å². The molecule has 5 fully saturated rings. The molecule has 0 amide bonds. The van der Waals surface area contributed by atoms with Gasteiger partial charge in [-0.25, -0.2) is 0 Å². The molecule has 2 bridgehead atoms. The van der Waals surface area contributed by atoms with Gasteiger partial charge in [-0.1, -0.05) is 43.1 Å². The molecule has 6 aliphatic rings. The molecule has 34 heavy (non-hydrogen) atoms. The molecule has 0 N–H and O–H groups in total. The van der Waals surface area contributed by atoms with E-state index in [1.165, 1.54) is 89.3 Å². The average Bonchev–Trinajstić information content (AvgIpc) is 3.05. The molecule has 2 unspecified atom stereocenters. The topological polar surface area (TPSA) is 3.24 Å². The summed E-state index contributed by atoms with van der Waals surface area (Å²) >= 11 is 0. The molecule has 1 saturated heterocycles. The molecule has 9 atom stereocenters. The van der Waals surface area contributed by atoms with Crippen LogP contribution in [0.2, 0.25) is 0 Å². The third kappa shape index (κ3) is 3.97. The second kappa shape index (κ2) is 9.00. The normalized spacial score (nSPS) is 45.6. The first kappa shape index (κ1) is 23.2. The molecule has 184 valence electrons. The van der Waals surface area contributed by atoms with Crippen LogP contribution in [0.3, 0.4) is 0 Å². The van der Waals surface area contributed by atoms with E-state index < -0.39 is 0 Å². The molecular weight excluding hydrogens is 410 g/mol. The van der Waals surface area contributed by atoms with Crippen LogP contribution in [0.5, 0.6) is 0 Å². The van der Waals surface area contributed by atoms with Crippen LogP contribution in [-0.4, -0.2) is 25.0 Å². The van der Waals surface area contributed by atoms with Gasteiger partial charge in [-0.15, -0.1) is 5.92 Å². The Hall–Kier alpha value is -1.26. The zero-order chi connectivity index (χ0) is 23.4. The van der Waals surface area contributed by atoms with Crippen LogP contribution in [0.15, 0.2) is 35.5 Å². The van der Waals surface area contributed by atoms with Gasteiger partial charge >= 0.3 is 0 Å². The van der Waals surface area contributed by atoms with E-state index in [2.05, 4.69) is 42.9 Å². The van der Waals surface area contributed by atoms with Crippen molar-refractivity contribution in [3.8, 4) is 11.8 Å². The summed E-state index contributed by atoms with van der Waals surface area (Å²) in [4.78, 5) is 2.61. The molecule has 1 heteroatoms. The Morgan fingerprint density at radius 1 is 1.03 bits per heavy atom. The largest absolute Gasteiger partial charge is 0.306 e. The number of hydrogen-bond donors (Lipinski definition) is 0. The maximum atomic E-state index is 4.85. The SMILES string of the molecule is C=C(CC1(C)CC2=CC(C#CC)=CC1C2)[C@H]1CCC[C@H]2[C@@H]3CC[C@@H]4CN(C)CC[C@@H]4[C@H]3CC[C@@H]21. The third-order valence-corrected chi connectivity index (χ3v) is 11.6. The molecule has 0 aromatic carbocycles. The molecule has 0 aromatic rings. The van der Waals surface area contributed by atoms with Crippen LogP contribution in [0.25, 0.3) is 0 Å². The predicted molar refractivity (Wildman–Crippen MR) is 143 cm³/mol. The van der Waals surface area contributed by atoms with E-state index >= 15 is 0 Å². The minimum Gasteiger partial charge on any atom is -0.306 e. The zero-order valence-corrected chi connectivity index (χ0v) is 22.1. The van der Waals surface area contributed by atoms with Crippen molar-refractivity contribution in [1.29, 1.82) is 0 Å². The molecule has 6 rings (SSSR count). The Morgan fingerprint density at radius 3 is 2.65 bits per heavy atom. The lowest BCUT2D eigenvalue weighted by Gasteiger charge is -2.56. The summed E-state index contributed by atoms with van der Waals surface area (Å²) in [5, 5.41) is 0. The van der Waals surface area contributed by atoms with Crippen molar-refractivity contribution in [1.82, 2.24) is 4.90 Å². The number of rotatable bonds is 3. The second-order valence-corrected chi connectivity index (χ2v) is 13.6. The average molecular weight is 458 g/mol. The van der Waals surface area contributed by atoms with Crippen LogP contribution < -0.4 is 0 Å². The van der Waals surface area contributed by atoms with Gasteiger partial charge in [0.15, 0.2) is 0 Å². The summed E-state index contributed by atoms with van der Waals surface area (Å²) in [6.45, 7) is 12.1. The lowest BCUT2D eigenvalue weighted by atomic mass is 9.50. The summed E-state index contributed by atoms with van der Waals surface area (Å²) in [6, 6.07) is 0. The van der Waals surface area contributed by atoms with Crippen molar-refractivity contribution >= 4 is 0 Å². The quantitative estimate of drug-likeness (QED) is 0.310. The summed E-state index contributed by atoms with van der Waals surface area (Å²) in [7, 11) is 2.35. The highest BCUT2D eigenvalue weighted by Crippen LogP contribution is 2.60. The summed E-state index contributed by atoms with van der Waals surface area (Å²) in [6.07, 6.45) is 20.5. The fourth-order valence-electron chi connectivity index (χ4n) is 10.3. The molecule has 1 aliphatic heterocycles. The second-order valence-electron chi connectivity index (χ2n) is 13.6. The molecule has 5 aliphatic carbocycles. The van der Waals surface area contributed by atoms with E-state index in [9.17, 15) is 0 Å². The van der Waals surface area contributed by atoms with E-state index in [-0.39, 0.29) is 0 Å². The maximum Gasteiger partial charge on any atom is 0.0207 e. The van der Waals surface area contributed by atoms with Gasteiger partial charge in [-0.2, -0.15) is 0 Å². The van der Waals surface area contributed by atoms with Crippen molar-refractivity contribution in [3.05, 3.63) is 35.5 Å². The first-order chi connectivity index (χ1) is 16.4. The number of piperidine rings is 1. The summed E-state index contributed by atoms with van der Waals surface area (Å²) < 4.78 is 0. The Balaban J connectivity index is 1.16. The highest BCUT2D eigenvalue weighted by molar-refractivity contribution is 5.46. The van der Waals surface area contributed by atoms with E-state index in [1.807, 2.05) is 6.92 Å². The van der Waals surface area contributed by atoms with E-state index in [4.69, 9.17) is 6.58 Å². The number of hydrogen-bond acceptors (Lipinski definition) is 1. The zero-order valence-electron chi connectivity index (χ0n) is 22.1. The molecule has 0 spiro atoms. The summed E-state index contributed by atoms with van der Waals surface area (Å²) in [5.74, 6) is 14.0. The van der Waals surface area contributed by atoms with Gasteiger partial charge in [-0.3, -0.25) is 0 Å². The first-order valence-corrected chi connectivity index (χ1v) is 14.7. The highest BCUT2D eigenvalue weighted by atomic mass is 15.1. The van der Waals surface area contributed by atoms with Crippen LogP contribution in [0.1, 0.15) is 84.5 Å². The smallest absolute Gasteiger partial charge is 0.0207 e. The van der Waals surface area contributed by atoms with Crippen molar-refractivity contribution < 1.29 is 0 Å². The standard InChI is InChI=1S/C33H47N/c1-5-7-23-16-24-18-26(17-23)33(3,20-24)19-22(2)27-8-6-9-29-30(27)12-13-31-28-14-15-34(4)21-25(28)10-11-32(29)31/h16-17,25-32H,2,6,8-15,18-21H2,1,3-4H3/t25-,26?,27-,28+,29-,30-,31-,32+,33?/m1/s1. The fraction of sp³-hybridized carbons (Fsp3) is 0.758. The first-order valence-electron chi connectivity index (χ1n) is 14.7. The molecule has 0 aromatic heterocycles. The molecule has 1 nitrogen and oxygen atoms in total. The third-order valence-electron chi connectivity index (χ3n) is 11.6. The van der Waals surface area contributed by atoms with E-state index in [0.717, 1.165) is 41.4 Å². The number of likely N-dealkylation sites (tertiary alicyclic amines) is 1. The van der Waals surface area contributed by atoms with Crippen molar-refractivity contribution in [3.63, 3.8) is 0 Å². The van der Waals surface area contributed by atoms with Gasteiger partial charge in [0, 0.05) is 12.1 Å². The number of allylic oxidation sites excluding steroid dienone is 5. The molecule has 4 saturated carbocycles. The van der Waals surface area contributed by atoms with Crippen LogP contribution >= 0.6 is 0 Å². The van der Waals surface area contributed by atoms with Crippen LogP contribution in [0.4, 0.5) is 0 Å². The molecular formula is C33H47N. The van der Waals surface area contributed by atoms with Gasteiger partial charge in [-0.05, 0) is 144 Å². The lowest BCUT2D eigenvalue weighted by Crippen LogP contribution is -2.51. The minimum atomic E-state index is 0.358. The summed E-state index contributed by atoms with van der Waals surface area (Å²) in [5.41, 5.74) is 4.88. The monoisotopic (exact) mass is 457 g/mol. The minimum absolute atomic E-state index is 0.358. The van der Waals surface area contributed by atoms with Gasteiger partial charge in [0.05, 0.1) is 0 Å². The highest BCUT2D eigenvalue weighted by Gasteiger charge is 2.51. The van der Waals surface area contributed by atoms with E-state index in [0.29, 0.717) is 11.3 Å². The number of fused-ring (bicyclic) bond motifs is 7. The maximum absolute atomic E-state index is 4.85. The molecule has 0 radical (unpaired) electrons. The Bertz CT molecular complexity index is 941. The van der Waals surface area contributed by atoms with Gasteiger partial charge < -0.3 is 4.90 Å². The van der Waals surface area contributed by atoms with E-state index in [1.54, 1.807) is 11.1 Å². The van der Waals surface area contributed by atoms with Crippen molar-refractivity contribution in [2.24, 2.45) is 52.8 Å². The van der Waals surface area contributed by atoms with Gasteiger partial charge in [0.25, 0.3) is 0 Å². The Kier molecular flexibility index (Phi) is 6.13. The Labute approximate surface area is 209 Å². The van der Waals surface area contributed by atoms with Crippen LogP contribution in [-0.2, 0) is 0 Å². The molecule has 1 heterocycles. The number of nitrogens with zero attached hydrogens (tertiary/aromatic N) is 1. The fourth-order valence-corrected chi connectivity index (χ4v) is 10.3. The van der Waals surface area contributed by atoms with Gasteiger partial charge in [0.1, 0.15) is 0 Å². The van der Waals surface area contributed by atoms with Crippen molar-refractivity contribution in [2.45, 2.75) is 84.5 Å². The predicted octanol–water partition coefficient (Wildman–Crippen LogP) is 7.66. The van der Waals surface area contributed by atoms with Crippen molar-refractivity contribution in [2.75, 3.05) is 20.1 Å². The lowest BCUT2D eigenvalue weighted by molar-refractivity contribution is -0.0624. The Morgan fingerprint density at radius 2 is 1.79 bits per heavy atom.